The molecule has 0 spiro atoms. The van der Waals surface area contributed by atoms with Crippen molar-refractivity contribution < 1.29 is 9.53 Å². The van der Waals surface area contributed by atoms with Crippen LogP contribution in [0.25, 0.3) is 0 Å². The van der Waals surface area contributed by atoms with E-state index in [1.54, 1.807) is 7.11 Å². The van der Waals surface area contributed by atoms with Crippen LogP contribution in [0.1, 0.15) is 56.0 Å². The number of benzene rings is 1. The first-order valence-electron chi connectivity index (χ1n) is 6.76. The Bertz CT molecular complexity index is 450. The van der Waals surface area contributed by atoms with E-state index in [0.29, 0.717) is 30.2 Å². The molecule has 1 rings (SSSR count). The highest BCUT2D eigenvalue weighted by molar-refractivity contribution is 6.02. The summed E-state index contributed by atoms with van der Waals surface area (Å²) in [5.41, 5.74) is 6.94. The van der Waals surface area contributed by atoms with Crippen LogP contribution in [0.3, 0.4) is 0 Å². The number of ether oxygens (including phenoxy) is 1. The van der Waals surface area contributed by atoms with Gasteiger partial charge in [0.25, 0.3) is 0 Å². The lowest BCUT2D eigenvalue weighted by atomic mass is 9.80. The summed E-state index contributed by atoms with van der Waals surface area (Å²) in [7, 11) is 1.59. The Morgan fingerprint density at radius 2 is 2.00 bits per heavy atom. The van der Waals surface area contributed by atoms with Crippen LogP contribution in [0.2, 0.25) is 0 Å². The summed E-state index contributed by atoms with van der Waals surface area (Å²) in [6.07, 6.45) is 0.668. The topological polar surface area (TPSA) is 52.3 Å². The lowest BCUT2D eigenvalue weighted by Gasteiger charge is -2.24. The number of carbonyl (C=O) groups excluding carboxylic acids is 1. The Hall–Kier alpha value is -1.35. The average molecular weight is 263 g/mol. The summed E-state index contributed by atoms with van der Waals surface area (Å²) in [4.78, 5) is 12.7. The van der Waals surface area contributed by atoms with Gasteiger partial charge in [0.05, 0.1) is 12.7 Å². The second-order valence-corrected chi connectivity index (χ2v) is 5.87. The standard InChI is InChI=1S/C16H25NO2/c1-11(2)12-6-7-14(19-5)13(10-12)15(18)16(3,4)8-9-17/h6-7,10-11H,8-9,17H2,1-5H3. The molecule has 0 aromatic heterocycles. The molecule has 0 heterocycles. The smallest absolute Gasteiger partial charge is 0.172 e. The van der Waals surface area contributed by atoms with Gasteiger partial charge in [-0.05, 0) is 36.6 Å². The van der Waals surface area contributed by atoms with Gasteiger partial charge in [-0.3, -0.25) is 4.79 Å². The molecule has 3 heteroatoms. The highest BCUT2D eigenvalue weighted by Crippen LogP contribution is 2.32. The molecule has 1 aromatic rings. The molecular weight excluding hydrogens is 238 g/mol. The molecule has 1 aromatic carbocycles. The van der Waals surface area contributed by atoms with Crippen molar-refractivity contribution >= 4 is 5.78 Å². The highest BCUT2D eigenvalue weighted by Gasteiger charge is 2.30. The minimum absolute atomic E-state index is 0.0947. The first-order valence-corrected chi connectivity index (χ1v) is 6.76. The van der Waals surface area contributed by atoms with E-state index in [2.05, 4.69) is 13.8 Å². The van der Waals surface area contributed by atoms with E-state index in [1.807, 2.05) is 32.0 Å². The Balaban J connectivity index is 3.23. The van der Waals surface area contributed by atoms with Gasteiger partial charge in [-0.1, -0.05) is 33.8 Å². The molecule has 0 aliphatic heterocycles. The second-order valence-electron chi connectivity index (χ2n) is 5.87. The molecule has 0 aliphatic rings. The molecule has 0 saturated heterocycles. The predicted octanol–water partition coefficient (Wildman–Crippen LogP) is 3.38. The van der Waals surface area contributed by atoms with Crippen LogP contribution < -0.4 is 10.5 Å². The minimum atomic E-state index is -0.461. The monoisotopic (exact) mass is 263 g/mol. The fraction of sp³-hybridized carbons (Fsp3) is 0.562. The van der Waals surface area contributed by atoms with Gasteiger partial charge in [0.1, 0.15) is 5.75 Å². The summed E-state index contributed by atoms with van der Waals surface area (Å²) in [5.74, 6) is 1.12. The fourth-order valence-electron chi connectivity index (χ4n) is 2.10. The second kappa shape index (κ2) is 6.20. The number of Topliss-reactive ketones (excluding diaryl/α,β-unsaturated/α-hetero) is 1. The molecule has 0 radical (unpaired) electrons. The van der Waals surface area contributed by atoms with E-state index >= 15 is 0 Å². The Morgan fingerprint density at radius 1 is 1.37 bits per heavy atom. The van der Waals surface area contributed by atoms with Crippen molar-refractivity contribution in [3.8, 4) is 5.75 Å². The third kappa shape index (κ3) is 3.57. The van der Waals surface area contributed by atoms with Crippen LogP contribution in [-0.2, 0) is 0 Å². The van der Waals surface area contributed by atoms with Crippen molar-refractivity contribution in [2.45, 2.75) is 40.0 Å². The van der Waals surface area contributed by atoms with E-state index in [-0.39, 0.29) is 5.78 Å². The number of nitrogens with two attached hydrogens (primary N) is 1. The third-order valence-electron chi connectivity index (χ3n) is 3.52. The van der Waals surface area contributed by atoms with Crippen LogP contribution in [0.15, 0.2) is 18.2 Å². The SMILES string of the molecule is COc1ccc(C(C)C)cc1C(=O)C(C)(C)CCN. The van der Waals surface area contributed by atoms with Crippen LogP contribution in [0, 0.1) is 5.41 Å². The molecule has 2 N–H and O–H groups in total. The van der Waals surface area contributed by atoms with Gasteiger partial charge in [0.2, 0.25) is 0 Å². The number of carbonyl (C=O) groups is 1. The maximum Gasteiger partial charge on any atom is 0.172 e. The first-order chi connectivity index (χ1) is 8.83. The summed E-state index contributed by atoms with van der Waals surface area (Å²) >= 11 is 0. The number of ketones is 1. The van der Waals surface area contributed by atoms with Gasteiger partial charge in [-0.25, -0.2) is 0 Å². The van der Waals surface area contributed by atoms with E-state index in [4.69, 9.17) is 10.5 Å². The van der Waals surface area contributed by atoms with Crippen LogP contribution in [0.5, 0.6) is 5.75 Å². The normalized spacial score (nSPS) is 11.7. The number of hydrogen-bond acceptors (Lipinski definition) is 3. The molecular formula is C16H25NO2. The summed E-state index contributed by atoms with van der Waals surface area (Å²) in [6, 6.07) is 5.83. The Morgan fingerprint density at radius 3 is 2.47 bits per heavy atom. The van der Waals surface area contributed by atoms with E-state index in [1.165, 1.54) is 0 Å². The first kappa shape index (κ1) is 15.7. The summed E-state index contributed by atoms with van der Waals surface area (Å²) < 4.78 is 5.32. The van der Waals surface area contributed by atoms with Crippen molar-refractivity contribution in [3.05, 3.63) is 29.3 Å². The zero-order chi connectivity index (χ0) is 14.6. The van der Waals surface area contributed by atoms with Gasteiger partial charge in [-0.15, -0.1) is 0 Å². The summed E-state index contributed by atoms with van der Waals surface area (Å²) in [5, 5.41) is 0. The molecule has 0 aliphatic carbocycles. The van der Waals surface area contributed by atoms with Crippen molar-refractivity contribution in [3.63, 3.8) is 0 Å². The van der Waals surface area contributed by atoms with E-state index in [0.717, 1.165) is 5.56 Å². The molecule has 106 valence electrons. The number of hydrogen-bond donors (Lipinski definition) is 1. The van der Waals surface area contributed by atoms with E-state index < -0.39 is 5.41 Å². The number of methoxy groups -OCH3 is 1. The zero-order valence-corrected chi connectivity index (χ0v) is 12.6. The van der Waals surface area contributed by atoms with Gasteiger partial charge in [-0.2, -0.15) is 0 Å². The van der Waals surface area contributed by atoms with Gasteiger partial charge >= 0.3 is 0 Å². The predicted molar refractivity (Wildman–Crippen MR) is 78.9 cm³/mol. The fourth-order valence-corrected chi connectivity index (χ4v) is 2.10. The quantitative estimate of drug-likeness (QED) is 0.800. The molecule has 0 atom stereocenters. The Labute approximate surface area is 116 Å². The maximum atomic E-state index is 12.7. The lowest BCUT2D eigenvalue weighted by molar-refractivity contribution is 0.0826. The highest BCUT2D eigenvalue weighted by atomic mass is 16.5. The van der Waals surface area contributed by atoms with Gasteiger partial charge in [0, 0.05) is 5.41 Å². The molecule has 0 bridgehead atoms. The third-order valence-corrected chi connectivity index (χ3v) is 3.52. The van der Waals surface area contributed by atoms with Crippen molar-refractivity contribution in [1.82, 2.24) is 0 Å². The van der Waals surface area contributed by atoms with Crippen LogP contribution >= 0.6 is 0 Å². The van der Waals surface area contributed by atoms with Crippen molar-refractivity contribution in [1.29, 1.82) is 0 Å². The Kier molecular flexibility index (Phi) is 5.12. The molecule has 0 saturated carbocycles. The van der Waals surface area contributed by atoms with Crippen molar-refractivity contribution in [2.75, 3.05) is 13.7 Å². The maximum absolute atomic E-state index is 12.7. The largest absolute Gasteiger partial charge is 0.496 e. The van der Waals surface area contributed by atoms with Crippen molar-refractivity contribution in [2.24, 2.45) is 11.1 Å². The molecule has 0 amide bonds. The molecule has 0 fully saturated rings. The molecule has 3 nitrogen and oxygen atoms in total. The zero-order valence-electron chi connectivity index (χ0n) is 12.6. The van der Waals surface area contributed by atoms with Crippen LogP contribution in [0.4, 0.5) is 0 Å². The van der Waals surface area contributed by atoms with Crippen LogP contribution in [-0.4, -0.2) is 19.4 Å². The molecule has 0 unspecified atom stereocenters. The lowest BCUT2D eigenvalue weighted by Crippen LogP contribution is -2.27. The minimum Gasteiger partial charge on any atom is -0.496 e. The van der Waals surface area contributed by atoms with Gasteiger partial charge < -0.3 is 10.5 Å². The molecule has 19 heavy (non-hydrogen) atoms. The van der Waals surface area contributed by atoms with E-state index in [9.17, 15) is 4.79 Å². The number of rotatable bonds is 6. The van der Waals surface area contributed by atoms with Gasteiger partial charge in [0.15, 0.2) is 5.78 Å². The summed E-state index contributed by atoms with van der Waals surface area (Å²) in [6.45, 7) is 8.60. The average Bonchev–Trinajstić information content (AvgIpc) is 2.36.